The van der Waals surface area contributed by atoms with Crippen molar-refractivity contribution in [3.8, 4) is 0 Å². The number of ether oxygens (including phenoxy) is 5. The maximum absolute atomic E-state index is 14.7. The number of nitrogens with zero attached hydrogens (tertiary/aromatic N) is 2. The number of aryl methyl sites for hydroxylation is 1. The number of Topliss-reactive ketones (excluding diaryl/α,β-unsaturated/α-hetero) is 2. The van der Waals surface area contributed by atoms with Crippen molar-refractivity contribution >= 4 is 46.2 Å². The molecule has 3 aliphatic heterocycles. The molecular formula is C43H62N2O10S. The first-order valence-corrected chi connectivity index (χ1v) is 21.1. The number of carbonyl (C=O) groups excluding carboxylic acids is 4. The summed E-state index contributed by atoms with van der Waals surface area (Å²) in [7, 11) is 5.25. The van der Waals surface area contributed by atoms with Crippen molar-refractivity contribution in [3.05, 3.63) is 42.1 Å². The third-order valence-corrected chi connectivity index (χ3v) is 13.9. The second kappa shape index (κ2) is 17.9. The topological polar surface area (TPSA) is 151 Å². The number of carbonyl (C=O) groups is 4. The lowest BCUT2D eigenvalue weighted by Crippen LogP contribution is -2.59. The zero-order valence-electron chi connectivity index (χ0n) is 34.9. The third-order valence-electron chi connectivity index (χ3n) is 12.6. The predicted molar refractivity (Wildman–Crippen MR) is 214 cm³/mol. The van der Waals surface area contributed by atoms with Crippen LogP contribution < -0.4 is 0 Å². The van der Waals surface area contributed by atoms with Gasteiger partial charge >= 0.3 is 11.9 Å². The largest absolute Gasteiger partial charge is 0.458 e. The van der Waals surface area contributed by atoms with Gasteiger partial charge in [0.1, 0.15) is 29.2 Å². The fraction of sp³-hybridized carbons (Fsp3) is 0.698. The Bertz CT molecular complexity index is 1740. The van der Waals surface area contributed by atoms with Crippen LogP contribution >= 0.6 is 11.8 Å². The van der Waals surface area contributed by atoms with Gasteiger partial charge in [0.05, 0.1) is 23.3 Å². The Labute approximate surface area is 336 Å². The van der Waals surface area contributed by atoms with Crippen LogP contribution in [0, 0.1) is 29.6 Å². The minimum absolute atomic E-state index is 0.121. The molecule has 310 valence electrons. The van der Waals surface area contributed by atoms with Gasteiger partial charge in [-0.25, -0.2) is 0 Å². The summed E-state index contributed by atoms with van der Waals surface area (Å²) in [5, 5.41) is 11.7. The molecule has 1 aromatic heterocycles. The Hall–Kier alpha value is -2.94. The molecule has 0 amide bonds. The fourth-order valence-electron chi connectivity index (χ4n) is 9.29. The number of aromatic nitrogens is 1. The quantitative estimate of drug-likeness (QED) is 0.254. The molecule has 0 aliphatic carbocycles. The summed E-state index contributed by atoms with van der Waals surface area (Å²) in [6.07, 6.45) is -2.78. The van der Waals surface area contributed by atoms with Gasteiger partial charge in [-0.05, 0) is 85.4 Å². The predicted octanol–water partition coefficient (Wildman–Crippen LogP) is 5.44. The van der Waals surface area contributed by atoms with Crippen molar-refractivity contribution in [3.63, 3.8) is 0 Å². The number of hydrogen-bond acceptors (Lipinski definition) is 13. The van der Waals surface area contributed by atoms with E-state index in [1.54, 1.807) is 20.8 Å². The Morgan fingerprint density at radius 2 is 1.66 bits per heavy atom. The highest BCUT2D eigenvalue weighted by molar-refractivity contribution is 8.00. The highest BCUT2D eigenvalue weighted by Crippen LogP contribution is 2.49. The van der Waals surface area contributed by atoms with Crippen LogP contribution in [0.25, 0.3) is 10.9 Å². The molecule has 4 heterocycles. The van der Waals surface area contributed by atoms with Crippen LogP contribution in [0.5, 0.6) is 0 Å². The molecule has 0 saturated carbocycles. The minimum atomic E-state index is -1.35. The number of likely N-dealkylation sites (N-methyl/N-ethyl adjacent to an activating group) is 1. The van der Waals surface area contributed by atoms with Gasteiger partial charge < -0.3 is 33.7 Å². The molecule has 0 radical (unpaired) electrons. The maximum atomic E-state index is 14.7. The van der Waals surface area contributed by atoms with Crippen LogP contribution in [0.2, 0.25) is 0 Å². The Morgan fingerprint density at radius 1 is 0.964 bits per heavy atom. The highest BCUT2D eigenvalue weighted by atomic mass is 32.2. The van der Waals surface area contributed by atoms with Gasteiger partial charge in [-0.15, -0.1) is 11.8 Å². The van der Waals surface area contributed by atoms with E-state index < -0.39 is 88.4 Å². The number of rotatable bonds is 9. The van der Waals surface area contributed by atoms with Crippen molar-refractivity contribution in [2.45, 2.75) is 134 Å². The monoisotopic (exact) mass is 798 g/mol. The molecule has 14 atom stereocenters. The van der Waals surface area contributed by atoms with E-state index >= 15 is 0 Å². The highest BCUT2D eigenvalue weighted by Gasteiger charge is 2.61. The van der Waals surface area contributed by atoms with E-state index in [0.29, 0.717) is 18.6 Å². The molecule has 1 aromatic carbocycles. The number of aliphatic hydroxyl groups is 1. The number of aliphatic hydroxyl groups excluding tert-OH is 1. The molecule has 3 fully saturated rings. The number of para-hydroxylation sites is 1. The summed E-state index contributed by atoms with van der Waals surface area (Å²) in [4.78, 5) is 63.6. The summed E-state index contributed by atoms with van der Waals surface area (Å²) in [6, 6.07) is 11.6. The maximum Gasteiger partial charge on any atom is 0.320 e. The van der Waals surface area contributed by atoms with Gasteiger partial charge in [0.25, 0.3) is 0 Å². The Morgan fingerprint density at radius 3 is 2.32 bits per heavy atom. The average Bonchev–Trinajstić information content (AvgIpc) is 3.43. The van der Waals surface area contributed by atoms with E-state index in [9.17, 15) is 24.3 Å². The number of methoxy groups -OCH3 is 1. The number of thioether (sulfide) groups is 1. The molecule has 5 rings (SSSR count). The molecule has 13 heteroatoms. The van der Waals surface area contributed by atoms with Gasteiger partial charge in [-0.2, -0.15) is 0 Å². The number of esters is 2. The Balaban J connectivity index is 1.49. The standard InChI is InChI=1S/C43H62N2O10S/c1-12-32-43(8)33(37(40(50)55-43)56-20-19-29-18-17-28-15-13-14-16-30(28)44-29)25(4)34(46)23(2)22-42(7,51-11)38(26(5)35(47)27(6)39(49)53-32)54-41-36(48)31(45(9)10)21-24(3)52-41/h13-18,23-27,31-33,36-38,41,48H,12,19-22H2,1-11H3/t23-,24-,25-,26+,27-,31+,32-,33+,36-,37+,38-,41+,42-,43-/m1/s1. The van der Waals surface area contributed by atoms with Crippen molar-refractivity contribution < 1.29 is 48.0 Å². The number of fused-ring (bicyclic) bond motifs is 2. The van der Waals surface area contributed by atoms with Crippen LogP contribution in [-0.2, 0) is 49.3 Å². The zero-order valence-corrected chi connectivity index (χ0v) is 35.7. The molecule has 1 N–H and O–H groups in total. The third kappa shape index (κ3) is 8.88. The average molecular weight is 799 g/mol. The molecule has 0 unspecified atom stereocenters. The van der Waals surface area contributed by atoms with Crippen LogP contribution in [0.4, 0.5) is 0 Å². The number of hydrogen-bond donors (Lipinski definition) is 1. The molecule has 2 aromatic rings. The van der Waals surface area contributed by atoms with Gasteiger partial charge in [0.15, 0.2) is 17.7 Å². The molecule has 56 heavy (non-hydrogen) atoms. The Kier molecular flexibility index (Phi) is 14.1. The summed E-state index contributed by atoms with van der Waals surface area (Å²) in [5.74, 6) is -5.41. The van der Waals surface area contributed by atoms with Crippen molar-refractivity contribution in [2.24, 2.45) is 29.6 Å². The van der Waals surface area contributed by atoms with E-state index in [1.165, 1.54) is 25.8 Å². The number of cyclic esters (lactones) is 1. The molecule has 3 aliphatic rings. The lowest BCUT2D eigenvalue weighted by atomic mass is 9.70. The molecule has 12 nitrogen and oxygen atoms in total. The van der Waals surface area contributed by atoms with Crippen LogP contribution in [0.15, 0.2) is 36.4 Å². The summed E-state index contributed by atoms with van der Waals surface area (Å²) >= 11 is 1.42. The van der Waals surface area contributed by atoms with Crippen LogP contribution in [-0.4, -0.2) is 119 Å². The van der Waals surface area contributed by atoms with Crippen molar-refractivity contribution in [1.82, 2.24) is 9.88 Å². The van der Waals surface area contributed by atoms with E-state index in [4.69, 9.17) is 28.7 Å². The molecular weight excluding hydrogens is 737 g/mol. The van der Waals surface area contributed by atoms with Crippen LogP contribution in [0.1, 0.15) is 80.3 Å². The molecule has 0 bridgehead atoms. The number of benzene rings is 1. The zero-order chi connectivity index (χ0) is 41.3. The molecule has 0 spiro atoms. The second-order valence-electron chi connectivity index (χ2n) is 16.9. The first-order chi connectivity index (χ1) is 26.4. The van der Waals surface area contributed by atoms with Gasteiger partial charge in [-0.3, -0.25) is 24.2 Å². The first-order valence-electron chi connectivity index (χ1n) is 20.0. The summed E-state index contributed by atoms with van der Waals surface area (Å²) in [6.45, 7) is 14.1. The summed E-state index contributed by atoms with van der Waals surface area (Å²) < 4.78 is 31.3. The SMILES string of the molecule is CC[C@H]1OC(=O)[C@H](C)C(=O)[C@H](C)[C@@H](O[C@@H]2O[C@H](C)C[C@H](N(C)C)[C@H]2O)[C@](C)(OC)C[C@@H](C)C(=O)[C@H](C)[C@H]2[C@H](SCCc3ccc4ccccc4n3)C(=O)O[C@@]21C. The van der Waals surface area contributed by atoms with Crippen LogP contribution in [0.3, 0.4) is 0 Å². The van der Waals surface area contributed by atoms with E-state index in [0.717, 1.165) is 16.6 Å². The van der Waals surface area contributed by atoms with E-state index in [1.807, 2.05) is 83.1 Å². The van der Waals surface area contributed by atoms with E-state index in [2.05, 4.69) is 0 Å². The first kappa shape index (κ1) is 44.2. The van der Waals surface area contributed by atoms with Crippen molar-refractivity contribution in [1.29, 1.82) is 0 Å². The van der Waals surface area contributed by atoms with Gasteiger partial charge in [0.2, 0.25) is 0 Å². The van der Waals surface area contributed by atoms with Gasteiger partial charge in [-0.1, -0.05) is 52.0 Å². The van der Waals surface area contributed by atoms with Crippen molar-refractivity contribution in [2.75, 3.05) is 27.0 Å². The van der Waals surface area contributed by atoms with Gasteiger partial charge in [0, 0.05) is 47.9 Å². The minimum Gasteiger partial charge on any atom is -0.458 e. The number of ketones is 2. The number of pyridine rings is 1. The fourth-order valence-corrected chi connectivity index (χ4v) is 10.8. The second-order valence-corrected chi connectivity index (χ2v) is 18.1. The van der Waals surface area contributed by atoms with E-state index in [-0.39, 0.29) is 30.8 Å². The molecule has 3 saturated heterocycles. The smallest absolute Gasteiger partial charge is 0.320 e. The lowest BCUT2D eigenvalue weighted by molar-refractivity contribution is -0.295. The normalized spacial score (nSPS) is 38.9. The summed E-state index contributed by atoms with van der Waals surface area (Å²) in [5.41, 5.74) is -0.830. The lowest BCUT2D eigenvalue weighted by Gasteiger charge is -2.47.